The highest BCUT2D eigenvalue weighted by Crippen LogP contribution is 2.25. The van der Waals surface area contributed by atoms with Crippen LogP contribution in [0.5, 0.6) is 0 Å². The van der Waals surface area contributed by atoms with E-state index in [1.807, 2.05) is 4.90 Å². The van der Waals surface area contributed by atoms with Crippen molar-refractivity contribution in [1.82, 2.24) is 15.1 Å². The lowest BCUT2D eigenvalue weighted by Gasteiger charge is -2.33. The zero-order valence-electron chi connectivity index (χ0n) is 11.4. The maximum Gasteiger partial charge on any atom is 0.223 e. The van der Waals surface area contributed by atoms with E-state index in [-0.39, 0.29) is 5.82 Å². The topological polar surface area (TPSA) is 55.1 Å². The first kappa shape index (κ1) is 13.0. The van der Waals surface area contributed by atoms with Crippen LogP contribution >= 0.6 is 0 Å². The average Bonchev–Trinajstić information content (AvgIpc) is 2.85. The Hall–Kier alpha value is -1.98. The van der Waals surface area contributed by atoms with Crippen LogP contribution in [0.2, 0.25) is 0 Å². The molecule has 0 spiro atoms. The van der Waals surface area contributed by atoms with Gasteiger partial charge in [-0.3, -0.25) is 0 Å². The molecule has 1 saturated heterocycles. The van der Waals surface area contributed by atoms with Gasteiger partial charge in [-0.25, -0.2) is 9.37 Å². The molecule has 5 nitrogen and oxygen atoms in total. The summed E-state index contributed by atoms with van der Waals surface area (Å²) in [5.41, 5.74) is 0. The fourth-order valence-corrected chi connectivity index (χ4v) is 2.72. The normalized spacial score (nSPS) is 19.3. The molecule has 0 bridgehead atoms. The standard InChI is InChI=1S/C14H17FN4O/c1-10-17-13(18-20-10)8-11-4-3-7-19(9-11)14-12(15)5-2-6-16-14/h2,5-6,11H,3-4,7-9H2,1H3/t11-/m1/s1. The third-order valence-corrected chi connectivity index (χ3v) is 3.60. The van der Waals surface area contributed by atoms with Gasteiger partial charge in [0.1, 0.15) is 0 Å². The lowest BCUT2D eigenvalue weighted by Crippen LogP contribution is -2.37. The molecule has 0 N–H and O–H groups in total. The molecule has 20 heavy (non-hydrogen) atoms. The first-order valence-electron chi connectivity index (χ1n) is 6.87. The molecular formula is C14H17FN4O. The highest BCUT2D eigenvalue weighted by molar-refractivity contribution is 5.40. The first-order chi connectivity index (χ1) is 9.72. The quantitative estimate of drug-likeness (QED) is 0.861. The molecular weight excluding hydrogens is 259 g/mol. The fourth-order valence-electron chi connectivity index (χ4n) is 2.72. The van der Waals surface area contributed by atoms with Gasteiger partial charge in [-0.05, 0) is 30.9 Å². The summed E-state index contributed by atoms with van der Waals surface area (Å²) in [6, 6.07) is 3.07. The minimum absolute atomic E-state index is 0.261. The van der Waals surface area contributed by atoms with Gasteiger partial charge in [0.05, 0.1) is 0 Å². The van der Waals surface area contributed by atoms with Crippen LogP contribution in [0.1, 0.15) is 24.6 Å². The number of hydrogen-bond donors (Lipinski definition) is 0. The first-order valence-corrected chi connectivity index (χ1v) is 6.87. The van der Waals surface area contributed by atoms with E-state index in [2.05, 4.69) is 15.1 Å². The molecule has 1 aliphatic heterocycles. The van der Waals surface area contributed by atoms with Crippen molar-refractivity contribution in [2.24, 2.45) is 5.92 Å². The third kappa shape index (κ3) is 2.79. The van der Waals surface area contributed by atoms with Gasteiger partial charge in [0.25, 0.3) is 0 Å². The Kier molecular flexibility index (Phi) is 3.62. The highest BCUT2D eigenvalue weighted by Gasteiger charge is 2.24. The van der Waals surface area contributed by atoms with Crippen molar-refractivity contribution in [3.8, 4) is 0 Å². The number of anilines is 1. The van der Waals surface area contributed by atoms with Crippen LogP contribution in [0.15, 0.2) is 22.9 Å². The van der Waals surface area contributed by atoms with Crippen molar-refractivity contribution in [3.05, 3.63) is 35.9 Å². The van der Waals surface area contributed by atoms with E-state index < -0.39 is 0 Å². The molecule has 0 unspecified atom stereocenters. The highest BCUT2D eigenvalue weighted by atomic mass is 19.1. The fraction of sp³-hybridized carbons (Fsp3) is 0.500. The van der Waals surface area contributed by atoms with Crippen molar-refractivity contribution in [2.75, 3.05) is 18.0 Å². The van der Waals surface area contributed by atoms with Gasteiger partial charge in [-0.15, -0.1) is 0 Å². The summed E-state index contributed by atoms with van der Waals surface area (Å²) in [5, 5.41) is 3.93. The van der Waals surface area contributed by atoms with Gasteiger partial charge in [0, 0.05) is 32.6 Å². The van der Waals surface area contributed by atoms with Gasteiger partial charge in [-0.2, -0.15) is 4.98 Å². The second-order valence-corrected chi connectivity index (χ2v) is 5.20. The monoisotopic (exact) mass is 276 g/mol. The van der Waals surface area contributed by atoms with Crippen LogP contribution in [-0.4, -0.2) is 28.2 Å². The van der Waals surface area contributed by atoms with Crippen LogP contribution in [0.3, 0.4) is 0 Å². The summed E-state index contributed by atoms with van der Waals surface area (Å²) < 4.78 is 18.8. The summed E-state index contributed by atoms with van der Waals surface area (Å²) in [5.74, 6) is 1.91. The van der Waals surface area contributed by atoms with Crippen molar-refractivity contribution in [1.29, 1.82) is 0 Å². The molecule has 106 valence electrons. The molecule has 0 aliphatic carbocycles. The molecule has 0 saturated carbocycles. The van der Waals surface area contributed by atoms with E-state index in [0.29, 0.717) is 17.6 Å². The number of aromatic nitrogens is 3. The zero-order chi connectivity index (χ0) is 13.9. The molecule has 3 heterocycles. The van der Waals surface area contributed by atoms with Gasteiger partial charge >= 0.3 is 0 Å². The van der Waals surface area contributed by atoms with E-state index >= 15 is 0 Å². The molecule has 1 fully saturated rings. The molecule has 3 rings (SSSR count). The second-order valence-electron chi connectivity index (χ2n) is 5.20. The number of aryl methyl sites for hydroxylation is 1. The Morgan fingerprint density at radius 1 is 1.50 bits per heavy atom. The van der Waals surface area contributed by atoms with Gasteiger partial charge in [0.15, 0.2) is 17.5 Å². The number of pyridine rings is 1. The van der Waals surface area contributed by atoms with E-state index in [1.54, 1.807) is 19.2 Å². The number of rotatable bonds is 3. The van der Waals surface area contributed by atoms with Gasteiger partial charge in [0.2, 0.25) is 5.89 Å². The minimum atomic E-state index is -0.261. The SMILES string of the molecule is Cc1nc(C[C@H]2CCCN(c3ncccc3F)C2)no1. The van der Waals surface area contributed by atoms with E-state index in [4.69, 9.17) is 4.52 Å². The van der Waals surface area contributed by atoms with Crippen LogP contribution in [0.25, 0.3) is 0 Å². The predicted molar refractivity (Wildman–Crippen MR) is 71.9 cm³/mol. The molecule has 1 atom stereocenters. The maximum absolute atomic E-state index is 13.8. The van der Waals surface area contributed by atoms with Crippen LogP contribution < -0.4 is 4.90 Å². The molecule has 0 amide bonds. The molecule has 0 aromatic carbocycles. The largest absolute Gasteiger partial charge is 0.354 e. The van der Waals surface area contributed by atoms with Gasteiger partial charge < -0.3 is 9.42 Å². The van der Waals surface area contributed by atoms with Crippen molar-refractivity contribution in [2.45, 2.75) is 26.2 Å². The minimum Gasteiger partial charge on any atom is -0.354 e. The summed E-state index contributed by atoms with van der Waals surface area (Å²) in [7, 11) is 0. The molecule has 2 aromatic heterocycles. The zero-order valence-corrected chi connectivity index (χ0v) is 11.4. The molecule has 6 heteroatoms. The van der Waals surface area contributed by atoms with Crippen LogP contribution in [0.4, 0.5) is 10.2 Å². The predicted octanol–water partition coefficient (Wildman–Crippen LogP) is 2.37. The van der Waals surface area contributed by atoms with Gasteiger partial charge in [-0.1, -0.05) is 5.16 Å². The van der Waals surface area contributed by atoms with E-state index in [1.165, 1.54) is 6.07 Å². The summed E-state index contributed by atoms with van der Waals surface area (Å²) in [6.07, 6.45) is 4.52. The number of nitrogens with zero attached hydrogens (tertiary/aromatic N) is 4. The second kappa shape index (κ2) is 5.56. The maximum atomic E-state index is 13.8. The van der Waals surface area contributed by atoms with Crippen molar-refractivity contribution >= 4 is 5.82 Å². The van der Waals surface area contributed by atoms with Crippen LogP contribution in [-0.2, 0) is 6.42 Å². The Morgan fingerprint density at radius 2 is 2.40 bits per heavy atom. The van der Waals surface area contributed by atoms with Crippen molar-refractivity contribution < 1.29 is 8.91 Å². The number of piperidine rings is 1. The smallest absolute Gasteiger partial charge is 0.223 e. The summed E-state index contributed by atoms with van der Waals surface area (Å²) >= 11 is 0. The Balaban J connectivity index is 1.69. The number of halogens is 1. The molecule has 0 radical (unpaired) electrons. The summed E-state index contributed by atoms with van der Waals surface area (Å²) in [6.45, 7) is 3.41. The van der Waals surface area contributed by atoms with Crippen molar-refractivity contribution in [3.63, 3.8) is 0 Å². The Morgan fingerprint density at radius 3 is 3.15 bits per heavy atom. The van der Waals surface area contributed by atoms with Crippen LogP contribution in [0, 0.1) is 18.7 Å². The lowest BCUT2D eigenvalue weighted by atomic mass is 9.94. The van der Waals surface area contributed by atoms with E-state index in [9.17, 15) is 4.39 Å². The molecule has 1 aliphatic rings. The number of hydrogen-bond acceptors (Lipinski definition) is 5. The third-order valence-electron chi connectivity index (χ3n) is 3.60. The average molecular weight is 276 g/mol. The Labute approximate surface area is 116 Å². The Bertz CT molecular complexity index is 586. The summed E-state index contributed by atoms with van der Waals surface area (Å²) in [4.78, 5) is 10.4. The molecule has 2 aromatic rings. The van der Waals surface area contributed by atoms with E-state index in [0.717, 1.165) is 38.2 Å². The lowest BCUT2D eigenvalue weighted by molar-refractivity contribution is 0.368.